The lowest BCUT2D eigenvalue weighted by Crippen LogP contribution is -2.60. The quantitative estimate of drug-likeness (QED) is 0.523. The van der Waals surface area contributed by atoms with Gasteiger partial charge in [-0.3, -0.25) is 24.2 Å². The fourth-order valence-corrected chi connectivity index (χ4v) is 4.73. The minimum absolute atomic E-state index is 0.136. The summed E-state index contributed by atoms with van der Waals surface area (Å²) < 4.78 is 10.5. The molecule has 0 bridgehead atoms. The molecule has 2 aromatic carbocycles. The van der Waals surface area contributed by atoms with Crippen LogP contribution in [-0.2, 0) is 20.9 Å². The van der Waals surface area contributed by atoms with Gasteiger partial charge in [0.1, 0.15) is 17.5 Å². The predicted molar refractivity (Wildman–Crippen MR) is 139 cm³/mol. The Kier molecular flexibility index (Phi) is 8.97. The molecule has 10 nitrogen and oxygen atoms in total. The van der Waals surface area contributed by atoms with E-state index in [1.807, 2.05) is 18.2 Å². The number of anilines is 1. The normalized spacial score (nSPS) is 18.7. The number of hydrogen-bond acceptors (Lipinski definition) is 7. The van der Waals surface area contributed by atoms with Crippen molar-refractivity contribution in [1.82, 2.24) is 20.0 Å². The first-order chi connectivity index (χ1) is 18.0. The molecule has 1 atom stereocenters. The number of piperazine rings is 2. The number of ether oxygens (including phenoxy) is 2. The highest BCUT2D eigenvalue weighted by Gasteiger charge is 2.35. The van der Waals surface area contributed by atoms with Crippen molar-refractivity contribution in [2.75, 3.05) is 65.3 Å². The Morgan fingerprint density at radius 1 is 0.973 bits per heavy atom. The molecular weight excluding hydrogens is 474 g/mol. The largest absolute Gasteiger partial charge is 0.497 e. The highest BCUT2D eigenvalue weighted by molar-refractivity contribution is 5.98. The molecule has 2 saturated heterocycles. The van der Waals surface area contributed by atoms with Crippen molar-refractivity contribution in [3.63, 3.8) is 0 Å². The van der Waals surface area contributed by atoms with E-state index in [1.165, 1.54) is 24.7 Å². The molecule has 0 aliphatic carbocycles. The molecule has 2 aliphatic heterocycles. The first-order valence-electron chi connectivity index (χ1n) is 12.5. The van der Waals surface area contributed by atoms with Crippen LogP contribution in [0, 0.1) is 0 Å². The van der Waals surface area contributed by atoms with Gasteiger partial charge in [0.2, 0.25) is 17.7 Å². The SMILES string of the molecule is COc1ccc(OC)c(NC(=O)C[C@@H]2C(=O)NCCN2C(=O)CN2CCN(Cc3ccccc3)CC2)c1. The summed E-state index contributed by atoms with van der Waals surface area (Å²) >= 11 is 0. The van der Waals surface area contributed by atoms with Gasteiger partial charge in [-0.25, -0.2) is 0 Å². The number of rotatable bonds is 9. The summed E-state index contributed by atoms with van der Waals surface area (Å²) in [6.45, 7) is 5.17. The van der Waals surface area contributed by atoms with E-state index in [0.717, 1.165) is 32.7 Å². The monoisotopic (exact) mass is 509 g/mol. The van der Waals surface area contributed by atoms with Crippen molar-refractivity contribution in [2.24, 2.45) is 0 Å². The van der Waals surface area contributed by atoms with Crippen LogP contribution in [0.4, 0.5) is 5.69 Å². The van der Waals surface area contributed by atoms with Crippen LogP contribution >= 0.6 is 0 Å². The number of nitrogens with one attached hydrogen (secondary N) is 2. The highest BCUT2D eigenvalue weighted by atomic mass is 16.5. The maximum absolute atomic E-state index is 13.2. The lowest BCUT2D eigenvalue weighted by molar-refractivity contribution is -0.145. The van der Waals surface area contributed by atoms with Crippen LogP contribution < -0.4 is 20.1 Å². The van der Waals surface area contributed by atoms with E-state index < -0.39 is 6.04 Å². The van der Waals surface area contributed by atoms with Crippen LogP contribution in [0.5, 0.6) is 11.5 Å². The van der Waals surface area contributed by atoms with Gasteiger partial charge in [-0.1, -0.05) is 30.3 Å². The number of methoxy groups -OCH3 is 2. The maximum atomic E-state index is 13.2. The van der Waals surface area contributed by atoms with Gasteiger partial charge in [0, 0.05) is 51.9 Å². The summed E-state index contributed by atoms with van der Waals surface area (Å²) in [6.07, 6.45) is -0.150. The van der Waals surface area contributed by atoms with Gasteiger partial charge in [0.05, 0.1) is 32.9 Å². The molecule has 0 saturated carbocycles. The molecule has 10 heteroatoms. The van der Waals surface area contributed by atoms with Crippen LogP contribution in [0.3, 0.4) is 0 Å². The number of amides is 3. The average molecular weight is 510 g/mol. The maximum Gasteiger partial charge on any atom is 0.243 e. The summed E-state index contributed by atoms with van der Waals surface area (Å²) in [5, 5.41) is 5.57. The van der Waals surface area contributed by atoms with E-state index in [1.54, 1.807) is 18.2 Å². The number of carbonyl (C=O) groups is 3. The smallest absolute Gasteiger partial charge is 0.243 e. The molecule has 198 valence electrons. The fraction of sp³-hybridized carbons (Fsp3) is 0.444. The second kappa shape index (κ2) is 12.6. The summed E-state index contributed by atoms with van der Waals surface area (Å²) in [5.41, 5.74) is 1.72. The zero-order chi connectivity index (χ0) is 26.2. The van der Waals surface area contributed by atoms with Crippen LogP contribution in [-0.4, -0.2) is 98.5 Å². The van der Waals surface area contributed by atoms with Crippen LogP contribution in [0.15, 0.2) is 48.5 Å². The molecule has 0 aromatic heterocycles. The van der Waals surface area contributed by atoms with Crippen LogP contribution in [0.2, 0.25) is 0 Å². The minimum Gasteiger partial charge on any atom is -0.497 e. The topological polar surface area (TPSA) is 103 Å². The zero-order valence-electron chi connectivity index (χ0n) is 21.4. The second-order valence-corrected chi connectivity index (χ2v) is 9.25. The van der Waals surface area contributed by atoms with Crippen molar-refractivity contribution in [3.8, 4) is 11.5 Å². The lowest BCUT2D eigenvalue weighted by Gasteiger charge is -2.38. The van der Waals surface area contributed by atoms with Gasteiger partial charge in [-0.2, -0.15) is 0 Å². The van der Waals surface area contributed by atoms with E-state index in [2.05, 4.69) is 32.6 Å². The van der Waals surface area contributed by atoms with Crippen molar-refractivity contribution in [1.29, 1.82) is 0 Å². The third kappa shape index (κ3) is 6.99. The van der Waals surface area contributed by atoms with Gasteiger partial charge < -0.3 is 25.0 Å². The summed E-state index contributed by atoms with van der Waals surface area (Å²) in [6, 6.07) is 14.6. The molecular formula is C27H35N5O5. The second-order valence-electron chi connectivity index (χ2n) is 9.25. The predicted octanol–water partition coefficient (Wildman–Crippen LogP) is 1.18. The Morgan fingerprint density at radius 3 is 2.41 bits per heavy atom. The van der Waals surface area contributed by atoms with E-state index in [-0.39, 0.29) is 30.7 Å². The molecule has 0 radical (unpaired) electrons. The zero-order valence-corrected chi connectivity index (χ0v) is 21.4. The lowest BCUT2D eigenvalue weighted by atomic mass is 10.1. The molecule has 2 N–H and O–H groups in total. The number of carbonyl (C=O) groups excluding carboxylic acids is 3. The van der Waals surface area contributed by atoms with Crippen molar-refractivity contribution < 1.29 is 23.9 Å². The van der Waals surface area contributed by atoms with Crippen LogP contribution in [0.25, 0.3) is 0 Å². The third-order valence-electron chi connectivity index (χ3n) is 6.78. The van der Waals surface area contributed by atoms with Crippen LogP contribution in [0.1, 0.15) is 12.0 Å². The van der Waals surface area contributed by atoms with E-state index in [0.29, 0.717) is 30.3 Å². The first kappa shape index (κ1) is 26.4. The fourth-order valence-electron chi connectivity index (χ4n) is 4.73. The van der Waals surface area contributed by atoms with E-state index >= 15 is 0 Å². The standard InChI is InChI=1S/C27H35N5O5/c1-36-21-8-9-24(37-2)22(16-21)29-25(33)17-23-27(35)28-10-11-32(23)26(34)19-31-14-12-30(13-15-31)18-20-6-4-3-5-7-20/h3-9,16,23H,10-15,17-19H2,1-2H3,(H,28,35)(H,29,33)/t23-/m1/s1. The Balaban J connectivity index is 1.32. The van der Waals surface area contributed by atoms with Crippen molar-refractivity contribution in [2.45, 2.75) is 19.0 Å². The third-order valence-corrected chi connectivity index (χ3v) is 6.78. The molecule has 0 spiro atoms. The first-order valence-corrected chi connectivity index (χ1v) is 12.5. The molecule has 2 fully saturated rings. The summed E-state index contributed by atoms with van der Waals surface area (Å²) in [5.74, 6) is 0.192. The van der Waals surface area contributed by atoms with Crippen molar-refractivity contribution in [3.05, 3.63) is 54.1 Å². The molecule has 2 aromatic rings. The average Bonchev–Trinajstić information content (AvgIpc) is 2.91. The molecule has 3 amide bonds. The van der Waals surface area contributed by atoms with E-state index in [4.69, 9.17) is 9.47 Å². The van der Waals surface area contributed by atoms with Gasteiger partial charge >= 0.3 is 0 Å². The molecule has 37 heavy (non-hydrogen) atoms. The van der Waals surface area contributed by atoms with Crippen molar-refractivity contribution >= 4 is 23.4 Å². The number of hydrogen-bond donors (Lipinski definition) is 2. The number of nitrogens with zero attached hydrogens (tertiary/aromatic N) is 3. The van der Waals surface area contributed by atoms with Gasteiger partial charge in [-0.15, -0.1) is 0 Å². The van der Waals surface area contributed by atoms with Gasteiger partial charge in [-0.05, 0) is 17.7 Å². The summed E-state index contributed by atoms with van der Waals surface area (Å²) in [7, 11) is 3.04. The Hall–Kier alpha value is -3.63. The Bertz CT molecular complexity index is 1090. The van der Waals surface area contributed by atoms with Gasteiger partial charge in [0.25, 0.3) is 0 Å². The minimum atomic E-state index is -0.864. The Labute approximate surface area is 217 Å². The summed E-state index contributed by atoms with van der Waals surface area (Å²) in [4.78, 5) is 44.9. The molecule has 2 heterocycles. The Morgan fingerprint density at radius 2 is 1.70 bits per heavy atom. The molecule has 0 unspecified atom stereocenters. The molecule has 4 rings (SSSR count). The van der Waals surface area contributed by atoms with E-state index in [9.17, 15) is 14.4 Å². The van der Waals surface area contributed by atoms with Gasteiger partial charge in [0.15, 0.2) is 0 Å². The molecule has 2 aliphatic rings. The number of benzene rings is 2. The highest BCUT2D eigenvalue weighted by Crippen LogP contribution is 2.29.